The number of carbonyl (C=O) groups excluding carboxylic acids is 1. The molecule has 0 spiro atoms. The highest BCUT2D eigenvalue weighted by Crippen LogP contribution is 2.35. The van der Waals surface area contributed by atoms with E-state index in [2.05, 4.69) is 26.8 Å². The fourth-order valence-electron chi connectivity index (χ4n) is 2.76. The maximum Gasteiger partial charge on any atom is 0.165 e. The van der Waals surface area contributed by atoms with E-state index in [4.69, 9.17) is 9.47 Å². The SMILES string of the molecule is CC1=CC[C@@H](C(C)(C)OC2CC(=O)CCO2)CC1. The van der Waals surface area contributed by atoms with Crippen molar-refractivity contribution in [2.75, 3.05) is 6.61 Å². The summed E-state index contributed by atoms with van der Waals surface area (Å²) >= 11 is 0. The minimum absolute atomic E-state index is 0.223. The third-order valence-corrected chi connectivity index (χ3v) is 4.14. The van der Waals surface area contributed by atoms with Crippen LogP contribution in [0.1, 0.15) is 52.9 Å². The van der Waals surface area contributed by atoms with Crippen molar-refractivity contribution in [1.29, 1.82) is 0 Å². The van der Waals surface area contributed by atoms with Crippen molar-refractivity contribution in [3.8, 4) is 0 Å². The lowest BCUT2D eigenvalue weighted by atomic mass is 9.79. The normalized spacial score (nSPS) is 30.2. The summed E-state index contributed by atoms with van der Waals surface area (Å²) in [6.07, 6.45) is 6.30. The van der Waals surface area contributed by atoms with Crippen LogP contribution in [0.15, 0.2) is 11.6 Å². The Labute approximate surface area is 110 Å². The zero-order chi connectivity index (χ0) is 13.2. The predicted molar refractivity (Wildman–Crippen MR) is 70.2 cm³/mol. The number of ketones is 1. The van der Waals surface area contributed by atoms with Gasteiger partial charge in [0.1, 0.15) is 5.78 Å². The molecular weight excluding hydrogens is 228 g/mol. The summed E-state index contributed by atoms with van der Waals surface area (Å²) in [5, 5.41) is 0. The minimum Gasteiger partial charge on any atom is -0.352 e. The molecule has 0 aromatic carbocycles. The van der Waals surface area contributed by atoms with Gasteiger partial charge in [0.05, 0.1) is 18.6 Å². The van der Waals surface area contributed by atoms with Crippen molar-refractivity contribution in [2.24, 2.45) is 5.92 Å². The quantitative estimate of drug-likeness (QED) is 0.723. The van der Waals surface area contributed by atoms with Crippen LogP contribution >= 0.6 is 0 Å². The Balaban J connectivity index is 1.92. The Bertz CT molecular complexity index is 344. The first kappa shape index (κ1) is 13.8. The summed E-state index contributed by atoms with van der Waals surface area (Å²) in [6, 6.07) is 0. The van der Waals surface area contributed by atoms with Gasteiger partial charge in [-0.25, -0.2) is 0 Å². The lowest BCUT2D eigenvalue weighted by molar-refractivity contribution is -0.226. The third-order valence-electron chi connectivity index (χ3n) is 4.14. The van der Waals surface area contributed by atoms with Gasteiger partial charge in [-0.05, 0) is 46.0 Å². The Hall–Kier alpha value is -0.670. The number of allylic oxidation sites excluding steroid dienone is 2. The Morgan fingerprint density at radius 3 is 2.78 bits per heavy atom. The molecule has 0 radical (unpaired) electrons. The third kappa shape index (κ3) is 3.42. The molecule has 2 aliphatic rings. The van der Waals surface area contributed by atoms with Gasteiger partial charge in [-0.2, -0.15) is 0 Å². The van der Waals surface area contributed by atoms with Crippen LogP contribution in [0.2, 0.25) is 0 Å². The predicted octanol–water partition coefficient (Wildman–Crippen LogP) is 3.23. The van der Waals surface area contributed by atoms with Gasteiger partial charge in [0, 0.05) is 6.42 Å². The van der Waals surface area contributed by atoms with Crippen LogP contribution < -0.4 is 0 Å². The van der Waals surface area contributed by atoms with E-state index in [0.717, 1.165) is 19.3 Å². The van der Waals surface area contributed by atoms with Gasteiger partial charge in [0.15, 0.2) is 6.29 Å². The van der Waals surface area contributed by atoms with Crippen LogP contribution in [0, 0.1) is 5.92 Å². The van der Waals surface area contributed by atoms with Crippen molar-refractivity contribution in [3.63, 3.8) is 0 Å². The van der Waals surface area contributed by atoms with E-state index in [1.54, 1.807) is 0 Å². The topological polar surface area (TPSA) is 35.5 Å². The highest BCUT2D eigenvalue weighted by Gasteiger charge is 2.35. The number of hydrogen-bond acceptors (Lipinski definition) is 3. The number of carbonyl (C=O) groups is 1. The molecule has 3 heteroatoms. The summed E-state index contributed by atoms with van der Waals surface area (Å²) in [4.78, 5) is 11.4. The first-order valence-corrected chi connectivity index (χ1v) is 6.94. The molecule has 1 fully saturated rings. The second kappa shape index (κ2) is 5.54. The summed E-state index contributed by atoms with van der Waals surface area (Å²) in [5.41, 5.74) is 1.26. The zero-order valence-corrected chi connectivity index (χ0v) is 11.7. The Morgan fingerprint density at radius 2 is 2.17 bits per heavy atom. The number of ether oxygens (including phenoxy) is 2. The van der Waals surface area contributed by atoms with Gasteiger partial charge in [0.25, 0.3) is 0 Å². The average Bonchev–Trinajstić information content (AvgIpc) is 2.29. The van der Waals surface area contributed by atoms with Gasteiger partial charge in [-0.3, -0.25) is 4.79 Å². The fraction of sp³-hybridized carbons (Fsp3) is 0.800. The average molecular weight is 252 g/mol. The van der Waals surface area contributed by atoms with E-state index in [-0.39, 0.29) is 17.7 Å². The molecule has 0 aromatic heterocycles. The van der Waals surface area contributed by atoms with Gasteiger partial charge < -0.3 is 9.47 Å². The molecule has 2 atom stereocenters. The van der Waals surface area contributed by atoms with Crippen LogP contribution in [-0.4, -0.2) is 24.3 Å². The molecule has 3 nitrogen and oxygen atoms in total. The molecule has 102 valence electrons. The van der Waals surface area contributed by atoms with Gasteiger partial charge in [-0.15, -0.1) is 0 Å². The molecule has 1 aliphatic carbocycles. The van der Waals surface area contributed by atoms with E-state index < -0.39 is 0 Å². The zero-order valence-electron chi connectivity index (χ0n) is 11.7. The molecule has 2 rings (SSSR count). The van der Waals surface area contributed by atoms with Crippen molar-refractivity contribution < 1.29 is 14.3 Å². The largest absolute Gasteiger partial charge is 0.352 e. The summed E-state index contributed by atoms with van der Waals surface area (Å²) in [6.45, 7) is 6.93. The van der Waals surface area contributed by atoms with E-state index in [1.807, 2.05) is 0 Å². The molecule has 0 amide bonds. The lowest BCUT2D eigenvalue weighted by Gasteiger charge is -2.39. The highest BCUT2D eigenvalue weighted by molar-refractivity contribution is 5.79. The van der Waals surface area contributed by atoms with Crippen LogP contribution in [0.5, 0.6) is 0 Å². The van der Waals surface area contributed by atoms with E-state index in [0.29, 0.717) is 25.4 Å². The molecule has 0 N–H and O–H groups in total. The van der Waals surface area contributed by atoms with Crippen molar-refractivity contribution in [2.45, 2.75) is 64.8 Å². The maximum atomic E-state index is 11.4. The van der Waals surface area contributed by atoms with Gasteiger partial charge in [0.2, 0.25) is 0 Å². The van der Waals surface area contributed by atoms with Crippen molar-refractivity contribution in [3.05, 3.63) is 11.6 Å². The van der Waals surface area contributed by atoms with Crippen molar-refractivity contribution >= 4 is 5.78 Å². The maximum absolute atomic E-state index is 11.4. The van der Waals surface area contributed by atoms with E-state index in [1.165, 1.54) is 5.57 Å². The number of Topliss-reactive ketones (excluding diaryl/α,β-unsaturated/α-hetero) is 1. The van der Waals surface area contributed by atoms with E-state index >= 15 is 0 Å². The second-order valence-electron chi connectivity index (χ2n) is 6.04. The van der Waals surface area contributed by atoms with Crippen LogP contribution in [-0.2, 0) is 14.3 Å². The monoisotopic (exact) mass is 252 g/mol. The molecule has 0 aromatic rings. The van der Waals surface area contributed by atoms with Gasteiger partial charge in [-0.1, -0.05) is 11.6 Å². The molecule has 1 heterocycles. The Kier molecular flexibility index (Phi) is 4.23. The fourth-order valence-corrected chi connectivity index (χ4v) is 2.76. The lowest BCUT2D eigenvalue weighted by Crippen LogP contribution is -2.42. The highest BCUT2D eigenvalue weighted by atomic mass is 16.7. The Morgan fingerprint density at radius 1 is 1.39 bits per heavy atom. The molecule has 0 saturated carbocycles. The molecule has 1 saturated heterocycles. The molecule has 18 heavy (non-hydrogen) atoms. The van der Waals surface area contributed by atoms with Crippen LogP contribution in [0.4, 0.5) is 0 Å². The first-order chi connectivity index (χ1) is 8.47. The standard InChI is InChI=1S/C15H24O3/c1-11-4-6-12(7-5-11)15(2,3)18-14-10-13(16)8-9-17-14/h4,12,14H,5-10H2,1-3H3/t12-,14?/m1/s1. The van der Waals surface area contributed by atoms with Crippen LogP contribution in [0.3, 0.4) is 0 Å². The second-order valence-corrected chi connectivity index (χ2v) is 6.04. The summed E-state index contributed by atoms with van der Waals surface area (Å²) in [7, 11) is 0. The van der Waals surface area contributed by atoms with Crippen LogP contribution in [0.25, 0.3) is 0 Å². The van der Waals surface area contributed by atoms with E-state index in [9.17, 15) is 4.79 Å². The number of hydrogen-bond donors (Lipinski definition) is 0. The van der Waals surface area contributed by atoms with Gasteiger partial charge >= 0.3 is 0 Å². The molecule has 0 bridgehead atoms. The first-order valence-electron chi connectivity index (χ1n) is 6.94. The van der Waals surface area contributed by atoms with Crippen molar-refractivity contribution in [1.82, 2.24) is 0 Å². The number of rotatable bonds is 3. The molecule has 1 unspecified atom stereocenters. The minimum atomic E-state index is -0.340. The smallest absolute Gasteiger partial charge is 0.165 e. The molecular formula is C15H24O3. The molecule has 1 aliphatic heterocycles. The summed E-state index contributed by atoms with van der Waals surface area (Å²) < 4.78 is 11.6. The summed E-state index contributed by atoms with van der Waals surface area (Å²) in [5.74, 6) is 0.767.